The van der Waals surface area contributed by atoms with Gasteiger partial charge in [-0.3, -0.25) is 9.78 Å². The number of aromatic nitrogens is 2. The van der Waals surface area contributed by atoms with Crippen LogP contribution in [-0.4, -0.2) is 33.9 Å². The molecule has 0 radical (unpaired) electrons. The number of H-pyrrole nitrogens is 1. The van der Waals surface area contributed by atoms with E-state index in [9.17, 15) is 4.79 Å². The molecule has 4 nitrogen and oxygen atoms in total. The fraction of sp³-hybridized carbons (Fsp3) is 0.238. The van der Waals surface area contributed by atoms with Crippen molar-refractivity contribution in [1.82, 2.24) is 14.9 Å². The van der Waals surface area contributed by atoms with Crippen LogP contribution in [0.3, 0.4) is 0 Å². The number of benzene rings is 1. The molecule has 0 saturated carbocycles. The van der Waals surface area contributed by atoms with Crippen LogP contribution in [-0.2, 0) is 11.2 Å². The van der Waals surface area contributed by atoms with E-state index in [0.29, 0.717) is 13.0 Å². The van der Waals surface area contributed by atoms with Crippen LogP contribution in [0.15, 0.2) is 54.9 Å². The molecule has 132 valence electrons. The first-order valence-corrected chi connectivity index (χ1v) is 9.22. The number of nitrogens with zero attached hydrogens (tertiary/aromatic N) is 2. The third-order valence-corrected chi connectivity index (χ3v) is 5.14. The lowest BCUT2D eigenvalue weighted by Crippen LogP contribution is -2.34. The summed E-state index contributed by atoms with van der Waals surface area (Å²) in [6, 6.07) is 11.7. The lowest BCUT2D eigenvalue weighted by molar-refractivity contribution is -0.130. The van der Waals surface area contributed by atoms with E-state index in [2.05, 4.69) is 16.0 Å². The third kappa shape index (κ3) is 3.51. The Balaban J connectivity index is 1.39. The number of carbonyl (C=O) groups is 1. The van der Waals surface area contributed by atoms with Gasteiger partial charge in [-0.1, -0.05) is 29.8 Å². The molecule has 0 saturated heterocycles. The number of halogens is 1. The van der Waals surface area contributed by atoms with Gasteiger partial charge >= 0.3 is 0 Å². The van der Waals surface area contributed by atoms with Crippen molar-refractivity contribution in [3.05, 3.63) is 71.0 Å². The fourth-order valence-electron chi connectivity index (χ4n) is 3.40. The molecule has 2 aromatic heterocycles. The van der Waals surface area contributed by atoms with Gasteiger partial charge in [0, 0.05) is 42.5 Å². The van der Waals surface area contributed by atoms with E-state index in [1.54, 1.807) is 0 Å². The van der Waals surface area contributed by atoms with E-state index >= 15 is 0 Å². The van der Waals surface area contributed by atoms with Crippen molar-refractivity contribution in [2.75, 3.05) is 13.1 Å². The van der Waals surface area contributed by atoms with Gasteiger partial charge in [0.05, 0.1) is 11.0 Å². The van der Waals surface area contributed by atoms with Gasteiger partial charge in [-0.05, 0) is 48.2 Å². The second-order valence-corrected chi connectivity index (χ2v) is 6.98. The standard InChI is InChI=1S/C21H20ClN3O/c22-17-6-3-15(4-7-17)5-8-20(26)25-12-9-16(10-13-25)18-14-24-19-2-1-11-23-21(18)19/h1-4,6-7,9,11,14,24H,5,8,10,12-13H2. The third-order valence-electron chi connectivity index (χ3n) is 4.88. The number of rotatable bonds is 4. The maximum atomic E-state index is 12.5. The lowest BCUT2D eigenvalue weighted by atomic mass is 10.0. The highest BCUT2D eigenvalue weighted by molar-refractivity contribution is 6.30. The smallest absolute Gasteiger partial charge is 0.223 e. The number of hydrogen-bond donors (Lipinski definition) is 1. The number of nitrogens with one attached hydrogen (secondary N) is 1. The second kappa shape index (κ2) is 7.34. The Morgan fingerprint density at radius 1 is 1.23 bits per heavy atom. The van der Waals surface area contributed by atoms with E-state index in [0.717, 1.165) is 46.6 Å². The fourth-order valence-corrected chi connectivity index (χ4v) is 3.53. The normalized spacial score (nSPS) is 14.5. The maximum absolute atomic E-state index is 12.5. The number of fused-ring (bicyclic) bond motifs is 1. The summed E-state index contributed by atoms with van der Waals surface area (Å²) < 4.78 is 0. The largest absolute Gasteiger partial charge is 0.359 e. The van der Waals surface area contributed by atoms with Gasteiger partial charge in [0.15, 0.2) is 0 Å². The summed E-state index contributed by atoms with van der Waals surface area (Å²) in [7, 11) is 0. The summed E-state index contributed by atoms with van der Waals surface area (Å²) in [6.07, 6.45) is 8.11. The molecule has 1 aromatic carbocycles. The van der Waals surface area contributed by atoms with Crippen molar-refractivity contribution >= 4 is 34.1 Å². The van der Waals surface area contributed by atoms with Gasteiger partial charge in [-0.2, -0.15) is 0 Å². The minimum absolute atomic E-state index is 0.201. The van der Waals surface area contributed by atoms with Crippen molar-refractivity contribution in [2.45, 2.75) is 19.3 Å². The number of aromatic amines is 1. The van der Waals surface area contributed by atoms with Gasteiger partial charge in [-0.25, -0.2) is 0 Å². The molecule has 0 bridgehead atoms. The predicted octanol–water partition coefficient (Wildman–Crippen LogP) is 4.46. The van der Waals surface area contributed by atoms with Crippen LogP contribution in [0.5, 0.6) is 0 Å². The van der Waals surface area contributed by atoms with E-state index in [1.165, 1.54) is 5.57 Å². The van der Waals surface area contributed by atoms with Gasteiger partial charge in [-0.15, -0.1) is 0 Å². The van der Waals surface area contributed by atoms with Crippen molar-refractivity contribution < 1.29 is 4.79 Å². The summed E-state index contributed by atoms with van der Waals surface area (Å²) in [4.78, 5) is 22.2. The Kier molecular flexibility index (Phi) is 4.76. The summed E-state index contributed by atoms with van der Waals surface area (Å²) >= 11 is 5.90. The van der Waals surface area contributed by atoms with Crippen LogP contribution in [0, 0.1) is 0 Å². The number of carbonyl (C=O) groups excluding carboxylic acids is 1. The van der Waals surface area contributed by atoms with E-state index in [-0.39, 0.29) is 5.91 Å². The van der Waals surface area contributed by atoms with E-state index in [4.69, 9.17) is 11.6 Å². The Morgan fingerprint density at radius 2 is 2.08 bits per heavy atom. The number of pyridine rings is 1. The molecule has 1 amide bonds. The molecule has 3 aromatic rings. The van der Waals surface area contributed by atoms with Crippen LogP contribution in [0.1, 0.15) is 24.0 Å². The van der Waals surface area contributed by atoms with Gasteiger partial charge in [0.25, 0.3) is 0 Å². The summed E-state index contributed by atoms with van der Waals surface area (Å²) in [5.74, 6) is 0.201. The molecule has 26 heavy (non-hydrogen) atoms. The zero-order chi connectivity index (χ0) is 17.9. The molecule has 0 fully saturated rings. The van der Waals surface area contributed by atoms with Crippen LogP contribution in [0.4, 0.5) is 0 Å². The molecule has 1 aliphatic rings. The molecule has 0 atom stereocenters. The highest BCUT2D eigenvalue weighted by Gasteiger charge is 2.19. The highest BCUT2D eigenvalue weighted by atomic mass is 35.5. The average Bonchev–Trinajstić information content (AvgIpc) is 3.11. The number of amides is 1. The van der Waals surface area contributed by atoms with E-state index in [1.807, 2.05) is 53.7 Å². The number of aryl methyl sites for hydroxylation is 1. The molecule has 0 unspecified atom stereocenters. The Hall–Kier alpha value is -2.59. The number of hydrogen-bond acceptors (Lipinski definition) is 2. The quantitative estimate of drug-likeness (QED) is 0.741. The minimum Gasteiger partial charge on any atom is -0.359 e. The van der Waals surface area contributed by atoms with Gasteiger partial charge in [0.2, 0.25) is 5.91 Å². The van der Waals surface area contributed by atoms with Crippen molar-refractivity contribution in [2.24, 2.45) is 0 Å². The molecule has 4 rings (SSSR count). The zero-order valence-corrected chi connectivity index (χ0v) is 15.2. The highest BCUT2D eigenvalue weighted by Crippen LogP contribution is 2.28. The molecular weight excluding hydrogens is 346 g/mol. The van der Waals surface area contributed by atoms with E-state index < -0.39 is 0 Å². The lowest BCUT2D eigenvalue weighted by Gasteiger charge is -2.26. The molecular formula is C21H20ClN3O. The Morgan fingerprint density at radius 3 is 2.85 bits per heavy atom. The van der Waals surface area contributed by atoms with Gasteiger partial charge < -0.3 is 9.88 Å². The monoisotopic (exact) mass is 365 g/mol. The minimum atomic E-state index is 0.201. The average molecular weight is 366 g/mol. The van der Waals surface area contributed by atoms with Crippen LogP contribution >= 0.6 is 11.6 Å². The maximum Gasteiger partial charge on any atom is 0.223 e. The van der Waals surface area contributed by atoms with Gasteiger partial charge in [0.1, 0.15) is 0 Å². The molecule has 3 heterocycles. The van der Waals surface area contributed by atoms with Crippen molar-refractivity contribution in [3.8, 4) is 0 Å². The topological polar surface area (TPSA) is 49.0 Å². The van der Waals surface area contributed by atoms with Crippen LogP contribution in [0.2, 0.25) is 5.02 Å². The zero-order valence-electron chi connectivity index (χ0n) is 14.4. The summed E-state index contributed by atoms with van der Waals surface area (Å²) in [5.41, 5.74) is 5.59. The first-order chi connectivity index (χ1) is 12.7. The first kappa shape index (κ1) is 16.9. The molecule has 0 spiro atoms. The predicted molar refractivity (Wildman–Crippen MR) is 105 cm³/mol. The molecule has 1 N–H and O–H groups in total. The first-order valence-electron chi connectivity index (χ1n) is 8.84. The SMILES string of the molecule is O=C(CCc1ccc(Cl)cc1)N1CC=C(c2c[nH]c3cccnc23)CC1. The Labute approximate surface area is 157 Å². The summed E-state index contributed by atoms with van der Waals surface area (Å²) in [6.45, 7) is 1.42. The van der Waals surface area contributed by atoms with Crippen molar-refractivity contribution in [3.63, 3.8) is 0 Å². The molecule has 1 aliphatic heterocycles. The second-order valence-electron chi connectivity index (χ2n) is 6.55. The van der Waals surface area contributed by atoms with Crippen LogP contribution < -0.4 is 0 Å². The Bertz CT molecular complexity index is 959. The van der Waals surface area contributed by atoms with Crippen molar-refractivity contribution in [1.29, 1.82) is 0 Å². The summed E-state index contributed by atoms with van der Waals surface area (Å²) in [5, 5.41) is 0.723. The molecule has 0 aliphatic carbocycles. The molecule has 5 heteroatoms. The van der Waals surface area contributed by atoms with Crippen LogP contribution in [0.25, 0.3) is 16.6 Å².